The van der Waals surface area contributed by atoms with E-state index in [4.69, 9.17) is 5.73 Å². The number of nitrogens with two attached hydrogens (primary N) is 1. The fourth-order valence-electron chi connectivity index (χ4n) is 0.976. The van der Waals surface area contributed by atoms with Gasteiger partial charge in [0.1, 0.15) is 5.01 Å². The highest BCUT2D eigenvalue weighted by Gasteiger charge is 2.18. The molecular formula is C10H19ClN4OS. The van der Waals surface area contributed by atoms with Gasteiger partial charge in [-0.25, -0.2) is 0 Å². The van der Waals surface area contributed by atoms with E-state index in [9.17, 15) is 4.79 Å². The molecule has 2 unspecified atom stereocenters. The lowest BCUT2D eigenvalue weighted by molar-refractivity contribution is -0.119. The Hall–Kier alpha value is -0.720. The Morgan fingerprint density at radius 1 is 1.29 bits per heavy atom. The van der Waals surface area contributed by atoms with Gasteiger partial charge < -0.3 is 11.1 Å². The molecule has 1 aromatic rings. The average molecular weight is 279 g/mol. The second-order valence-electron chi connectivity index (χ2n) is 4.24. The lowest BCUT2D eigenvalue weighted by atomic mass is 10.0. The molecule has 2 atom stereocenters. The molecule has 0 fully saturated rings. The number of carbonyl (C=O) groups is 1. The normalized spacial score (nSPS) is 14.0. The van der Waals surface area contributed by atoms with E-state index in [1.165, 1.54) is 11.3 Å². The van der Waals surface area contributed by atoms with Crippen molar-refractivity contribution in [2.45, 2.75) is 39.7 Å². The smallest absolute Gasteiger partial charge is 0.230 e. The first-order valence-corrected chi connectivity index (χ1v) is 6.13. The van der Waals surface area contributed by atoms with Crippen molar-refractivity contribution in [1.29, 1.82) is 0 Å². The maximum Gasteiger partial charge on any atom is 0.230 e. The molecule has 3 N–H and O–H groups in total. The summed E-state index contributed by atoms with van der Waals surface area (Å²) < 4.78 is 0. The van der Waals surface area contributed by atoms with Crippen molar-refractivity contribution >= 4 is 34.8 Å². The second kappa shape index (κ2) is 6.88. The molecule has 1 aromatic heterocycles. The van der Waals surface area contributed by atoms with Gasteiger partial charge in [0.2, 0.25) is 11.0 Å². The van der Waals surface area contributed by atoms with Gasteiger partial charge in [0.05, 0.1) is 5.92 Å². The molecule has 1 amide bonds. The van der Waals surface area contributed by atoms with Gasteiger partial charge >= 0.3 is 0 Å². The third kappa shape index (κ3) is 4.57. The molecular weight excluding hydrogens is 260 g/mol. The third-order valence-corrected chi connectivity index (χ3v) is 3.51. The van der Waals surface area contributed by atoms with Gasteiger partial charge in [0, 0.05) is 12.0 Å². The van der Waals surface area contributed by atoms with Gasteiger partial charge in [-0.3, -0.25) is 4.79 Å². The lowest BCUT2D eigenvalue weighted by Crippen LogP contribution is -2.34. The summed E-state index contributed by atoms with van der Waals surface area (Å²) in [6.07, 6.45) is 0. The lowest BCUT2D eigenvalue weighted by Gasteiger charge is -2.13. The fourth-order valence-corrected chi connectivity index (χ4v) is 1.73. The predicted octanol–water partition coefficient (Wildman–Crippen LogP) is 2.01. The van der Waals surface area contributed by atoms with E-state index in [0.29, 0.717) is 11.0 Å². The molecule has 0 aliphatic rings. The van der Waals surface area contributed by atoms with Crippen LogP contribution in [-0.4, -0.2) is 22.1 Å². The zero-order chi connectivity index (χ0) is 12.3. The van der Waals surface area contributed by atoms with Crippen LogP contribution in [0.2, 0.25) is 0 Å². The third-order valence-electron chi connectivity index (χ3n) is 2.37. The molecule has 0 aliphatic heterocycles. The first-order chi connectivity index (χ1) is 7.41. The number of halogens is 1. The topological polar surface area (TPSA) is 80.9 Å². The van der Waals surface area contributed by atoms with Crippen molar-refractivity contribution in [3.63, 3.8) is 0 Å². The van der Waals surface area contributed by atoms with Gasteiger partial charge in [0.25, 0.3) is 0 Å². The molecule has 0 spiro atoms. The first kappa shape index (κ1) is 16.3. The summed E-state index contributed by atoms with van der Waals surface area (Å²) >= 11 is 1.40. The summed E-state index contributed by atoms with van der Waals surface area (Å²) in [4.78, 5) is 11.7. The van der Waals surface area contributed by atoms with Gasteiger partial charge in [-0.1, -0.05) is 32.1 Å². The molecule has 0 saturated heterocycles. The zero-order valence-corrected chi connectivity index (χ0v) is 12.1. The number of anilines is 1. The summed E-state index contributed by atoms with van der Waals surface area (Å²) in [5.74, 6) is -0.0122. The Labute approximate surface area is 112 Å². The van der Waals surface area contributed by atoms with Crippen LogP contribution in [0.1, 0.15) is 38.6 Å². The van der Waals surface area contributed by atoms with E-state index < -0.39 is 0 Å². The van der Waals surface area contributed by atoms with Crippen LogP contribution in [0.25, 0.3) is 0 Å². The van der Waals surface area contributed by atoms with E-state index in [-0.39, 0.29) is 30.3 Å². The van der Waals surface area contributed by atoms with Crippen LogP contribution in [0.3, 0.4) is 0 Å². The highest BCUT2D eigenvalue weighted by Crippen LogP contribution is 2.22. The van der Waals surface area contributed by atoms with Crippen LogP contribution in [0.5, 0.6) is 0 Å². The van der Waals surface area contributed by atoms with Crippen LogP contribution in [0, 0.1) is 5.92 Å². The van der Waals surface area contributed by atoms with Crippen LogP contribution in [0.4, 0.5) is 5.13 Å². The van der Waals surface area contributed by atoms with Gasteiger partial charge in [-0.15, -0.1) is 22.6 Å². The van der Waals surface area contributed by atoms with Crippen molar-refractivity contribution in [2.75, 3.05) is 5.32 Å². The number of rotatable bonds is 4. The minimum atomic E-state index is -0.230. The van der Waals surface area contributed by atoms with Crippen molar-refractivity contribution in [3.05, 3.63) is 5.01 Å². The Balaban J connectivity index is 0.00000256. The number of nitrogens with one attached hydrogen (secondary N) is 1. The zero-order valence-electron chi connectivity index (χ0n) is 10.4. The molecule has 0 radical (unpaired) electrons. The Morgan fingerprint density at radius 3 is 2.29 bits per heavy atom. The maximum absolute atomic E-state index is 11.7. The van der Waals surface area contributed by atoms with Gasteiger partial charge in [-0.05, 0) is 6.92 Å². The van der Waals surface area contributed by atoms with Crippen LogP contribution in [-0.2, 0) is 4.79 Å². The minimum Gasteiger partial charge on any atom is -0.327 e. The first-order valence-electron chi connectivity index (χ1n) is 5.31. The predicted molar refractivity (Wildman–Crippen MR) is 72.7 cm³/mol. The van der Waals surface area contributed by atoms with Crippen molar-refractivity contribution in [3.8, 4) is 0 Å². The second-order valence-corrected chi connectivity index (χ2v) is 5.25. The molecule has 5 nitrogen and oxygen atoms in total. The van der Waals surface area contributed by atoms with E-state index in [1.807, 2.05) is 20.8 Å². The monoisotopic (exact) mass is 278 g/mol. The highest BCUT2D eigenvalue weighted by molar-refractivity contribution is 7.15. The summed E-state index contributed by atoms with van der Waals surface area (Å²) in [6.45, 7) is 7.68. The van der Waals surface area contributed by atoms with Crippen LogP contribution in [0.15, 0.2) is 0 Å². The Bertz CT molecular complexity index is 367. The standard InChI is InChI=1S/C10H18N4OS.ClH/c1-5(2)9-13-14-10(16-9)12-8(15)6(3)7(4)11;/h5-7H,11H2,1-4H3,(H,12,14,15);1H. The van der Waals surface area contributed by atoms with Crippen LogP contribution >= 0.6 is 23.7 Å². The number of hydrogen-bond donors (Lipinski definition) is 2. The quantitative estimate of drug-likeness (QED) is 0.883. The van der Waals surface area contributed by atoms with E-state index >= 15 is 0 Å². The van der Waals surface area contributed by atoms with Gasteiger partial charge in [-0.2, -0.15) is 0 Å². The summed E-state index contributed by atoms with van der Waals surface area (Å²) in [7, 11) is 0. The number of aromatic nitrogens is 2. The minimum absolute atomic E-state index is 0. The fraction of sp³-hybridized carbons (Fsp3) is 0.700. The molecule has 1 heterocycles. The van der Waals surface area contributed by atoms with E-state index in [0.717, 1.165) is 5.01 Å². The average Bonchev–Trinajstić information content (AvgIpc) is 2.64. The molecule has 0 aliphatic carbocycles. The van der Waals surface area contributed by atoms with E-state index in [2.05, 4.69) is 15.5 Å². The molecule has 98 valence electrons. The number of carbonyl (C=O) groups excluding carboxylic acids is 1. The number of amides is 1. The van der Waals surface area contributed by atoms with Gasteiger partial charge in [0.15, 0.2) is 0 Å². The summed E-state index contributed by atoms with van der Waals surface area (Å²) in [6, 6.07) is -0.169. The van der Waals surface area contributed by atoms with Crippen molar-refractivity contribution in [1.82, 2.24) is 10.2 Å². The molecule has 0 bridgehead atoms. The highest BCUT2D eigenvalue weighted by atomic mass is 35.5. The van der Waals surface area contributed by atoms with E-state index in [1.54, 1.807) is 6.92 Å². The molecule has 7 heteroatoms. The largest absolute Gasteiger partial charge is 0.327 e. The van der Waals surface area contributed by atoms with Crippen molar-refractivity contribution in [2.24, 2.45) is 11.7 Å². The van der Waals surface area contributed by atoms with Crippen LogP contribution < -0.4 is 11.1 Å². The van der Waals surface area contributed by atoms with Crippen molar-refractivity contribution < 1.29 is 4.79 Å². The molecule has 1 rings (SSSR count). The summed E-state index contributed by atoms with van der Waals surface area (Å²) in [5, 5.41) is 12.1. The number of hydrogen-bond acceptors (Lipinski definition) is 5. The maximum atomic E-state index is 11.7. The molecule has 17 heavy (non-hydrogen) atoms. The molecule has 0 saturated carbocycles. The summed E-state index contributed by atoms with van der Waals surface area (Å²) in [5.41, 5.74) is 5.65. The SMILES string of the molecule is CC(C)c1nnc(NC(=O)C(C)C(C)N)s1.Cl. The molecule has 0 aromatic carbocycles. The Morgan fingerprint density at radius 2 is 1.88 bits per heavy atom. The number of nitrogens with zero attached hydrogens (tertiary/aromatic N) is 2. The Kier molecular flexibility index (Phi) is 6.59.